The molecule has 0 atom stereocenters. The van der Waals surface area contributed by atoms with Crippen molar-refractivity contribution in [2.24, 2.45) is 5.84 Å². The van der Waals surface area contributed by atoms with Gasteiger partial charge < -0.3 is 10.8 Å². The van der Waals surface area contributed by atoms with E-state index in [9.17, 15) is 0 Å². The summed E-state index contributed by atoms with van der Waals surface area (Å²) in [6, 6.07) is 7.28. The number of hydrogen-bond donors (Lipinski definition) is 3. The molecule has 3 heteroatoms. The summed E-state index contributed by atoms with van der Waals surface area (Å²) < 4.78 is 0. The molecular weight excluding hydrogens is 126 g/mol. The summed E-state index contributed by atoms with van der Waals surface area (Å²) in [7, 11) is 0. The fourth-order valence-corrected chi connectivity index (χ4v) is 0.676. The topological polar surface area (TPSA) is 61.9 Å². The lowest BCUT2D eigenvalue weighted by Crippen LogP contribution is -2.06. The van der Waals surface area contributed by atoms with E-state index >= 15 is 0 Å². The summed E-state index contributed by atoms with van der Waals surface area (Å²) in [6.45, 7) is 0. The van der Waals surface area contributed by atoms with Gasteiger partial charge in [-0.2, -0.15) is 0 Å². The minimum atomic E-state index is 0.852. The zero-order valence-electron chi connectivity index (χ0n) is 5.46. The number of benzene rings is 1. The molecule has 1 aromatic carbocycles. The van der Waals surface area contributed by atoms with Crippen LogP contribution in [0.2, 0.25) is 0 Å². The fourth-order valence-electron chi connectivity index (χ4n) is 0.676. The lowest BCUT2D eigenvalue weighted by Gasteiger charge is -1.97. The Hall–Kier alpha value is -1.35. The summed E-state index contributed by atoms with van der Waals surface area (Å²) in [4.78, 5) is 0. The molecule has 0 radical (unpaired) electrons. The zero-order chi connectivity index (χ0) is 7.40. The predicted molar refractivity (Wildman–Crippen MR) is 42.1 cm³/mol. The van der Waals surface area contributed by atoms with Gasteiger partial charge in [0.15, 0.2) is 0 Å². The van der Waals surface area contributed by atoms with Gasteiger partial charge in [-0.15, -0.1) is 0 Å². The van der Waals surface area contributed by atoms with Crippen LogP contribution in [0, 0.1) is 5.41 Å². The molecule has 0 aliphatic carbocycles. The van der Waals surface area contributed by atoms with Crippen LogP contribution in [-0.4, -0.2) is 6.21 Å². The first-order valence-electron chi connectivity index (χ1n) is 2.94. The van der Waals surface area contributed by atoms with Gasteiger partial charge in [0.25, 0.3) is 0 Å². The maximum Gasteiger partial charge on any atom is 0.0485 e. The van der Waals surface area contributed by atoms with E-state index in [-0.39, 0.29) is 0 Å². The van der Waals surface area contributed by atoms with Crippen LogP contribution in [0.25, 0.3) is 0 Å². The molecule has 0 aliphatic rings. The first-order chi connectivity index (χ1) is 4.86. The third-order valence-corrected chi connectivity index (χ3v) is 1.24. The minimum absolute atomic E-state index is 0.852. The second-order valence-electron chi connectivity index (χ2n) is 1.91. The van der Waals surface area contributed by atoms with Crippen molar-refractivity contribution < 1.29 is 0 Å². The quantitative estimate of drug-likeness (QED) is 0.321. The number of hydrazine groups is 1. The van der Waals surface area contributed by atoms with Crippen molar-refractivity contribution in [1.82, 2.24) is 0 Å². The molecule has 1 aromatic rings. The average molecular weight is 135 g/mol. The van der Waals surface area contributed by atoms with Gasteiger partial charge >= 0.3 is 0 Å². The predicted octanol–water partition coefficient (Wildman–Crippen LogP) is 0.970. The molecule has 4 N–H and O–H groups in total. The van der Waals surface area contributed by atoms with Crippen LogP contribution in [0.1, 0.15) is 5.56 Å². The van der Waals surface area contributed by atoms with Crippen molar-refractivity contribution in [3.63, 3.8) is 0 Å². The van der Waals surface area contributed by atoms with Gasteiger partial charge in [-0.05, 0) is 17.7 Å². The number of nitrogens with one attached hydrogen (secondary N) is 2. The molecule has 0 aliphatic heterocycles. The largest absolute Gasteiger partial charge is 0.324 e. The highest BCUT2D eigenvalue weighted by atomic mass is 15.2. The van der Waals surface area contributed by atoms with Crippen molar-refractivity contribution in [3.8, 4) is 0 Å². The molecule has 10 heavy (non-hydrogen) atoms. The van der Waals surface area contributed by atoms with E-state index in [4.69, 9.17) is 11.3 Å². The summed E-state index contributed by atoms with van der Waals surface area (Å²) in [5.74, 6) is 5.13. The van der Waals surface area contributed by atoms with Crippen LogP contribution >= 0.6 is 0 Å². The monoisotopic (exact) mass is 135 g/mol. The molecule has 0 fully saturated rings. The highest BCUT2D eigenvalue weighted by Crippen LogP contribution is 2.05. The molecule has 0 unspecified atom stereocenters. The van der Waals surface area contributed by atoms with Crippen LogP contribution in [0.4, 0.5) is 5.69 Å². The molecule has 0 aromatic heterocycles. The average Bonchev–Trinajstić information content (AvgIpc) is 2.05. The number of hydrogen-bond acceptors (Lipinski definition) is 3. The van der Waals surface area contributed by atoms with Crippen molar-refractivity contribution in [1.29, 1.82) is 5.41 Å². The van der Waals surface area contributed by atoms with Gasteiger partial charge in [0.1, 0.15) is 0 Å². The molecule has 3 nitrogen and oxygen atoms in total. The van der Waals surface area contributed by atoms with Gasteiger partial charge in [-0.1, -0.05) is 12.1 Å². The van der Waals surface area contributed by atoms with E-state index < -0.39 is 0 Å². The van der Waals surface area contributed by atoms with E-state index in [1.807, 2.05) is 24.3 Å². The molecule has 1 rings (SSSR count). The van der Waals surface area contributed by atoms with Gasteiger partial charge in [-0.3, -0.25) is 5.84 Å². The third kappa shape index (κ3) is 1.33. The summed E-state index contributed by atoms with van der Waals surface area (Å²) in [5, 5.41) is 6.89. The second-order valence-corrected chi connectivity index (χ2v) is 1.91. The molecule has 0 bridgehead atoms. The molecule has 52 valence electrons. The summed E-state index contributed by atoms with van der Waals surface area (Å²) >= 11 is 0. The summed E-state index contributed by atoms with van der Waals surface area (Å²) in [5.41, 5.74) is 4.23. The number of nitrogen functional groups attached to an aromatic ring is 1. The normalized spacial score (nSPS) is 8.90. The van der Waals surface area contributed by atoms with Crippen LogP contribution in [0.15, 0.2) is 24.3 Å². The molecule has 0 spiro atoms. The van der Waals surface area contributed by atoms with Crippen molar-refractivity contribution >= 4 is 11.9 Å². The first kappa shape index (κ1) is 6.77. The third-order valence-electron chi connectivity index (χ3n) is 1.24. The minimum Gasteiger partial charge on any atom is -0.324 e. The van der Waals surface area contributed by atoms with E-state index in [2.05, 4.69) is 5.43 Å². The first-order valence-corrected chi connectivity index (χ1v) is 2.94. The van der Waals surface area contributed by atoms with E-state index in [0.29, 0.717) is 0 Å². The van der Waals surface area contributed by atoms with E-state index in [0.717, 1.165) is 11.3 Å². The highest BCUT2D eigenvalue weighted by Gasteiger charge is 1.86. The Balaban J connectivity index is 2.90. The Bertz CT molecular complexity index is 215. The van der Waals surface area contributed by atoms with Crippen LogP contribution in [-0.2, 0) is 0 Å². The van der Waals surface area contributed by atoms with Gasteiger partial charge in [0.2, 0.25) is 0 Å². The number of rotatable bonds is 2. The smallest absolute Gasteiger partial charge is 0.0485 e. The lowest BCUT2D eigenvalue weighted by atomic mass is 10.2. The molecule has 0 saturated heterocycles. The Labute approximate surface area is 59.3 Å². The van der Waals surface area contributed by atoms with Gasteiger partial charge in [0.05, 0.1) is 0 Å². The maximum absolute atomic E-state index is 6.89. The van der Waals surface area contributed by atoms with Gasteiger partial charge in [-0.25, -0.2) is 0 Å². The Morgan fingerprint density at radius 1 is 1.30 bits per heavy atom. The SMILES string of the molecule is N=Cc1ccc(NN)cc1. The van der Waals surface area contributed by atoms with E-state index in [1.54, 1.807) is 0 Å². The van der Waals surface area contributed by atoms with Crippen molar-refractivity contribution in [3.05, 3.63) is 29.8 Å². The highest BCUT2D eigenvalue weighted by molar-refractivity contribution is 5.77. The second kappa shape index (κ2) is 2.98. The summed E-state index contributed by atoms with van der Waals surface area (Å²) in [6.07, 6.45) is 1.29. The molecule has 0 saturated carbocycles. The Morgan fingerprint density at radius 2 is 1.90 bits per heavy atom. The molecule has 0 amide bonds. The number of anilines is 1. The zero-order valence-corrected chi connectivity index (χ0v) is 5.46. The van der Waals surface area contributed by atoms with Crippen LogP contribution < -0.4 is 11.3 Å². The Morgan fingerprint density at radius 3 is 2.30 bits per heavy atom. The van der Waals surface area contributed by atoms with E-state index in [1.165, 1.54) is 6.21 Å². The molecular formula is C7H9N3. The lowest BCUT2D eigenvalue weighted by molar-refractivity contribution is 1.35. The molecule has 0 heterocycles. The fraction of sp³-hybridized carbons (Fsp3) is 0. The standard InChI is InChI=1S/C7H9N3/c8-5-6-1-3-7(10-9)4-2-6/h1-5,8,10H,9H2. The number of nitrogens with two attached hydrogens (primary N) is 1. The Kier molecular flexibility index (Phi) is 2.02. The van der Waals surface area contributed by atoms with Gasteiger partial charge in [0, 0.05) is 11.9 Å². The van der Waals surface area contributed by atoms with Crippen LogP contribution in [0.5, 0.6) is 0 Å². The van der Waals surface area contributed by atoms with Crippen molar-refractivity contribution in [2.75, 3.05) is 5.43 Å². The van der Waals surface area contributed by atoms with Crippen molar-refractivity contribution in [2.45, 2.75) is 0 Å². The van der Waals surface area contributed by atoms with Crippen LogP contribution in [0.3, 0.4) is 0 Å². The maximum atomic E-state index is 6.89.